The molecule has 0 aliphatic carbocycles. The van der Waals surface area contributed by atoms with Crippen molar-refractivity contribution in [3.8, 4) is 5.75 Å². The van der Waals surface area contributed by atoms with Crippen molar-refractivity contribution in [1.29, 1.82) is 0 Å². The number of urea groups is 1. The number of hydrogen-bond donors (Lipinski definition) is 1. The number of barbiturate groups is 1. The highest BCUT2D eigenvalue weighted by Crippen LogP contribution is 2.27. The largest absolute Gasteiger partial charge is 0.545 e. The zero-order valence-corrected chi connectivity index (χ0v) is 15.7. The first-order chi connectivity index (χ1) is 13.8. The fraction of sp³-hybridized carbons (Fsp3) is 0.143. The first-order valence-electron chi connectivity index (χ1n) is 8.78. The van der Waals surface area contributed by atoms with E-state index in [1.54, 1.807) is 38.1 Å². The summed E-state index contributed by atoms with van der Waals surface area (Å²) in [5.74, 6) is -2.84. The summed E-state index contributed by atoms with van der Waals surface area (Å²) >= 11 is 0. The number of imide groups is 2. The summed E-state index contributed by atoms with van der Waals surface area (Å²) in [6.45, 7) is 3.75. The van der Waals surface area contributed by atoms with Crippen LogP contribution in [0.3, 0.4) is 0 Å². The van der Waals surface area contributed by atoms with Crippen molar-refractivity contribution in [2.45, 2.75) is 13.8 Å². The zero-order valence-electron chi connectivity index (χ0n) is 15.7. The highest BCUT2D eigenvalue weighted by atomic mass is 16.5. The minimum atomic E-state index is -1.41. The number of para-hydroxylation sites is 1. The average Bonchev–Trinajstić information content (AvgIpc) is 2.67. The van der Waals surface area contributed by atoms with E-state index in [1.807, 2.05) is 0 Å². The van der Waals surface area contributed by atoms with E-state index in [4.69, 9.17) is 4.74 Å². The van der Waals surface area contributed by atoms with E-state index >= 15 is 0 Å². The lowest BCUT2D eigenvalue weighted by Gasteiger charge is -2.27. The Morgan fingerprint density at radius 2 is 1.90 bits per heavy atom. The van der Waals surface area contributed by atoms with Gasteiger partial charge in [-0.3, -0.25) is 14.9 Å². The van der Waals surface area contributed by atoms with Gasteiger partial charge in [-0.2, -0.15) is 0 Å². The van der Waals surface area contributed by atoms with Gasteiger partial charge in [-0.25, -0.2) is 9.69 Å². The zero-order chi connectivity index (χ0) is 21.1. The highest BCUT2D eigenvalue weighted by molar-refractivity contribution is 6.39. The lowest BCUT2D eigenvalue weighted by molar-refractivity contribution is -0.255. The highest BCUT2D eigenvalue weighted by Gasteiger charge is 2.37. The molecular weight excluding hydrogens is 376 g/mol. The molecule has 1 aliphatic heterocycles. The van der Waals surface area contributed by atoms with Crippen molar-refractivity contribution in [3.63, 3.8) is 0 Å². The van der Waals surface area contributed by atoms with Gasteiger partial charge in [-0.05, 0) is 55.3 Å². The quantitative estimate of drug-likeness (QED) is 0.607. The third-order valence-corrected chi connectivity index (χ3v) is 4.30. The van der Waals surface area contributed by atoms with Crippen LogP contribution in [0.5, 0.6) is 5.75 Å². The Labute approximate surface area is 166 Å². The van der Waals surface area contributed by atoms with Crippen LogP contribution in [0.15, 0.2) is 48.0 Å². The molecule has 1 fully saturated rings. The fourth-order valence-electron chi connectivity index (χ4n) is 2.92. The van der Waals surface area contributed by atoms with Gasteiger partial charge in [0.05, 0.1) is 18.3 Å². The maximum Gasteiger partial charge on any atom is 0.335 e. The van der Waals surface area contributed by atoms with Gasteiger partial charge in [0.25, 0.3) is 11.8 Å². The van der Waals surface area contributed by atoms with Gasteiger partial charge in [0.15, 0.2) is 0 Å². The summed E-state index contributed by atoms with van der Waals surface area (Å²) in [5, 5.41) is 13.3. The molecule has 0 bridgehead atoms. The smallest absolute Gasteiger partial charge is 0.335 e. The predicted molar refractivity (Wildman–Crippen MR) is 102 cm³/mol. The molecule has 3 rings (SSSR count). The van der Waals surface area contributed by atoms with Gasteiger partial charge in [0.2, 0.25) is 0 Å². The third kappa shape index (κ3) is 3.86. The first-order valence-corrected chi connectivity index (χ1v) is 8.78. The molecule has 1 N–H and O–H groups in total. The standard InChI is InChI=1S/C21H18N2O6/c1-3-29-17-9-8-13(20(26)27)10-14(17)11-15-18(24)22-21(28)23(19(15)25)16-7-5-4-6-12(16)2/h4-11H,3H2,1-2H3,(H,26,27)(H,22,24,28)/p-1/b15-11+. The number of carbonyl (C=O) groups is 4. The van der Waals surface area contributed by atoms with Crippen LogP contribution in [0.25, 0.3) is 6.08 Å². The van der Waals surface area contributed by atoms with Crippen molar-refractivity contribution in [2.24, 2.45) is 0 Å². The number of hydrogen-bond acceptors (Lipinski definition) is 6. The number of amides is 4. The molecule has 0 aromatic heterocycles. The molecule has 8 heteroatoms. The number of benzene rings is 2. The minimum Gasteiger partial charge on any atom is -0.545 e. The molecule has 1 heterocycles. The predicted octanol–water partition coefficient (Wildman–Crippen LogP) is 1.42. The average molecular weight is 393 g/mol. The number of nitrogens with one attached hydrogen (secondary N) is 1. The van der Waals surface area contributed by atoms with E-state index in [-0.39, 0.29) is 29.1 Å². The lowest BCUT2D eigenvalue weighted by Crippen LogP contribution is -2.54. The number of rotatable bonds is 5. The number of ether oxygens (including phenoxy) is 1. The Kier molecular flexibility index (Phi) is 5.45. The van der Waals surface area contributed by atoms with Crippen LogP contribution >= 0.6 is 0 Å². The molecule has 0 spiro atoms. The van der Waals surface area contributed by atoms with Crippen LogP contribution < -0.4 is 20.1 Å². The van der Waals surface area contributed by atoms with Crippen molar-refractivity contribution in [1.82, 2.24) is 5.32 Å². The van der Waals surface area contributed by atoms with E-state index in [0.29, 0.717) is 11.3 Å². The molecule has 4 amide bonds. The maximum absolute atomic E-state index is 13.0. The number of anilines is 1. The second-order valence-corrected chi connectivity index (χ2v) is 6.22. The number of carboxylic acid groups (broad SMARTS) is 1. The number of carbonyl (C=O) groups excluding carboxylic acids is 4. The Morgan fingerprint density at radius 3 is 2.55 bits per heavy atom. The molecule has 1 aliphatic rings. The number of aromatic carboxylic acids is 1. The summed E-state index contributed by atoms with van der Waals surface area (Å²) in [4.78, 5) is 49.7. The van der Waals surface area contributed by atoms with Gasteiger partial charge in [0.1, 0.15) is 11.3 Å². The van der Waals surface area contributed by atoms with Crippen LogP contribution in [0, 0.1) is 6.92 Å². The molecule has 8 nitrogen and oxygen atoms in total. The molecule has 1 saturated heterocycles. The second kappa shape index (κ2) is 7.97. The molecule has 0 unspecified atom stereocenters. The Bertz CT molecular complexity index is 1060. The van der Waals surface area contributed by atoms with Crippen LogP contribution in [0.2, 0.25) is 0 Å². The molecule has 0 atom stereocenters. The van der Waals surface area contributed by atoms with Gasteiger partial charge in [-0.1, -0.05) is 18.2 Å². The van der Waals surface area contributed by atoms with Crippen molar-refractivity contribution in [3.05, 3.63) is 64.7 Å². The van der Waals surface area contributed by atoms with E-state index in [0.717, 1.165) is 4.90 Å². The monoisotopic (exact) mass is 393 g/mol. The Morgan fingerprint density at radius 1 is 1.17 bits per heavy atom. The summed E-state index contributed by atoms with van der Waals surface area (Å²) in [6, 6.07) is 9.83. The summed E-state index contributed by atoms with van der Waals surface area (Å²) in [5.41, 5.74) is 0.729. The normalized spacial score (nSPS) is 15.4. The maximum atomic E-state index is 13.0. The van der Waals surface area contributed by atoms with Gasteiger partial charge >= 0.3 is 6.03 Å². The van der Waals surface area contributed by atoms with Crippen molar-refractivity contribution in [2.75, 3.05) is 11.5 Å². The van der Waals surface area contributed by atoms with E-state index < -0.39 is 23.8 Å². The SMILES string of the molecule is CCOc1ccc(C(=O)[O-])cc1/C=C1\C(=O)NC(=O)N(c2ccccc2C)C1=O. The van der Waals surface area contributed by atoms with Crippen molar-refractivity contribution >= 4 is 35.6 Å². The Balaban J connectivity index is 2.11. The van der Waals surface area contributed by atoms with E-state index in [9.17, 15) is 24.3 Å². The number of carboxylic acids is 1. The first kappa shape index (κ1) is 19.8. The van der Waals surface area contributed by atoms with Crippen LogP contribution in [-0.2, 0) is 9.59 Å². The molecular formula is C21H17N2O6-. The molecule has 2 aromatic rings. The minimum absolute atomic E-state index is 0.143. The molecule has 29 heavy (non-hydrogen) atoms. The van der Waals surface area contributed by atoms with Crippen LogP contribution in [-0.4, -0.2) is 30.4 Å². The van der Waals surface area contributed by atoms with Crippen molar-refractivity contribution < 1.29 is 29.0 Å². The topological polar surface area (TPSA) is 116 Å². The molecule has 148 valence electrons. The van der Waals surface area contributed by atoms with Gasteiger partial charge < -0.3 is 14.6 Å². The van der Waals surface area contributed by atoms with Gasteiger partial charge in [0, 0.05) is 5.56 Å². The summed E-state index contributed by atoms with van der Waals surface area (Å²) < 4.78 is 5.45. The molecule has 0 saturated carbocycles. The Hall–Kier alpha value is -3.94. The van der Waals surface area contributed by atoms with Gasteiger partial charge in [-0.15, -0.1) is 0 Å². The molecule has 2 aromatic carbocycles. The van der Waals surface area contributed by atoms with Crippen LogP contribution in [0.1, 0.15) is 28.4 Å². The number of aryl methyl sites for hydroxylation is 1. The lowest BCUT2D eigenvalue weighted by atomic mass is 10.0. The summed E-state index contributed by atoms with van der Waals surface area (Å²) in [7, 11) is 0. The second-order valence-electron chi connectivity index (χ2n) is 6.22. The van der Waals surface area contributed by atoms with E-state index in [2.05, 4.69) is 5.32 Å². The molecule has 0 radical (unpaired) electrons. The number of nitrogens with zero attached hydrogens (tertiary/aromatic N) is 1. The van der Waals surface area contributed by atoms with E-state index in [1.165, 1.54) is 24.3 Å². The van der Waals surface area contributed by atoms with Crippen LogP contribution in [0.4, 0.5) is 10.5 Å². The third-order valence-electron chi connectivity index (χ3n) is 4.30. The summed E-state index contributed by atoms with van der Waals surface area (Å²) in [6.07, 6.45) is 1.20. The fourth-order valence-corrected chi connectivity index (χ4v) is 2.92.